The number of nitrogens with one attached hydrogen (secondary N) is 1. The van der Waals surface area contributed by atoms with Crippen LogP contribution in [0.5, 0.6) is 29.0 Å². The Labute approximate surface area is 272 Å². The average molecular weight is 663 g/mol. The lowest BCUT2D eigenvalue weighted by atomic mass is 10.1. The van der Waals surface area contributed by atoms with Crippen LogP contribution < -0.4 is 19.5 Å². The summed E-state index contributed by atoms with van der Waals surface area (Å²) in [5, 5.41) is 29.9. The maximum Gasteiger partial charge on any atom is 0.317 e. The van der Waals surface area contributed by atoms with Gasteiger partial charge in [-0.2, -0.15) is 19.0 Å². The molecule has 1 saturated heterocycles. The summed E-state index contributed by atoms with van der Waals surface area (Å²) in [5.41, 5.74) is 1.57. The van der Waals surface area contributed by atoms with Crippen molar-refractivity contribution >= 4 is 23.7 Å². The van der Waals surface area contributed by atoms with Gasteiger partial charge in [0.25, 0.3) is 11.8 Å². The molecule has 3 aromatic carbocycles. The highest BCUT2D eigenvalue weighted by Gasteiger charge is 2.32. The lowest BCUT2D eigenvalue weighted by Gasteiger charge is -2.22. The lowest BCUT2D eigenvalue weighted by Crippen LogP contribution is -2.24. The Morgan fingerprint density at radius 1 is 1.02 bits per heavy atom. The van der Waals surface area contributed by atoms with E-state index in [4.69, 9.17) is 14.2 Å². The number of carbonyl (C=O) groups is 2. The zero-order chi connectivity index (χ0) is 33.5. The number of para-hydroxylation sites is 1. The molecule has 3 N–H and O–H groups in total. The SMILES string of the molecule is CN1CCNC1c1ccccc1Oc1nc(Oc2cc(C#N)ccc2OCc2ccccc2)c(F)c(SC(CC(=O)O)C(=O)O)c1F. The predicted molar refractivity (Wildman–Crippen MR) is 166 cm³/mol. The van der Waals surface area contributed by atoms with Gasteiger partial charge >= 0.3 is 11.9 Å². The number of nitriles is 1. The molecule has 0 spiro atoms. The van der Waals surface area contributed by atoms with Crippen molar-refractivity contribution in [3.05, 3.63) is 101 Å². The van der Waals surface area contributed by atoms with Crippen molar-refractivity contribution in [2.45, 2.75) is 29.3 Å². The Kier molecular flexibility index (Phi) is 10.5. The van der Waals surface area contributed by atoms with Crippen molar-refractivity contribution in [3.8, 4) is 35.1 Å². The predicted octanol–water partition coefficient (Wildman–Crippen LogP) is 5.95. The van der Waals surface area contributed by atoms with Gasteiger partial charge in [0.15, 0.2) is 11.5 Å². The maximum absolute atomic E-state index is 16.1. The number of likely N-dealkylation sites (N-methyl/N-ethyl adjacent to an activating group) is 1. The van der Waals surface area contributed by atoms with Crippen LogP contribution in [0.4, 0.5) is 8.78 Å². The average Bonchev–Trinajstić information content (AvgIpc) is 3.49. The van der Waals surface area contributed by atoms with Crippen molar-refractivity contribution in [1.29, 1.82) is 5.26 Å². The molecule has 0 radical (unpaired) electrons. The molecule has 1 aliphatic heterocycles. The summed E-state index contributed by atoms with van der Waals surface area (Å²) in [5.74, 6) is -7.28. The van der Waals surface area contributed by atoms with Gasteiger partial charge in [-0.25, -0.2) is 0 Å². The molecule has 11 nitrogen and oxygen atoms in total. The van der Waals surface area contributed by atoms with Crippen LogP contribution in [0.15, 0.2) is 77.7 Å². The minimum Gasteiger partial charge on any atom is -0.485 e. The molecule has 14 heteroatoms. The first-order valence-electron chi connectivity index (χ1n) is 14.2. The number of nitrogens with zero attached hydrogens (tertiary/aromatic N) is 3. The minimum atomic E-state index is -1.77. The second kappa shape index (κ2) is 14.9. The fourth-order valence-corrected chi connectivity index (χ4v) is 5.72. The van der Waals surface area contributed by atoms with Gasteiger partial charge in [0.05, 0.1) is 29.1 Å². The topological polar surface area (TPSA) is 154 Å². The van der Waals surface area contributed by atoms with Gasteiger partial charge in [-0.3, -0.25) is 19.8 Å². The van der Waals surface area contributed by atoms with E-state index in [0.717, 1.165) is 12.1 Å². The van der Waals surface area contributed by atoms with Gasteiger partial charge in [-0.1, -0.05) is 48.5 Å². The second-order valence-corrected chi connectivity index (χ2v) is 11.6. The van der Waals surface area contributed by atoms with E-state index in [1.807, 2.05) is 48.3 Å². The molecule has 2 atom stereocenters. The molecular formula is C33H28F2N4O7S. The quantitative estimate of drug-likeness (QED) is 0.145. The van der Waals surface area contributed by atoms with Crippen LogP contribution in [0, 0.1) is 23.0 Å². The molecule has 0 saturated carbocycles. The molecule has 242 valence electrons. The monoisotopic (exact) mass is 662 g/mol. The van der Waals surface area contributed by atoms with Crippen molar-refractivity contribution in [1.82, 2.24) is 15.2 Å². The zero-order valence-electron chi connectivity index (χ0n) is 24.9. The van der Waals surface area contributed by atoms with E-state index in [1.165, 1.54) is 18.2 Å². The van der Waals surface area contributed by atoms with Crippen molar-refractivity contribution in [2.24, 2.45) is 0 Å². The largest absolute Gasteiger partial charge is 0.485 e. The molecule has 2 unspecified atom stereocenters. The van der Waals surface area contributed by atoms with E-state index in [1.54, 1.807) is 24.3 Å². The van der Waals surface area contributed by atoms with Gasteiger partial charge in [-0.05, 0) is 30.8 Å². The van der Waals surface area contributed by atoms with Crippen molar-refractivity contribution in [2.75, 3.05) is 20.1 Å². The zero-order valence-corrected chi connectivity index (χ0v) is 25.7. The van der Waals surface area contributed by atoms with Crippen molar-refractivity contribution < 1.29 is 42.8 Å². The number of aliphatic carboxylic acids is 2. The van der Waals surface area contributed by atoms with Crippen LogP contribution >= 0.6 is 11.8 Å². The molecule has 4 aromatic rings. The number of ether oxygens (including phenoxy) is 3. The van der Waals surface area contributed by atoms with Crippen LogP contribution in [0.2, 0.25) is 0 Å². The van der Waals surface area contributed by atoms with E-state index < -0.39 is 51.9 Å². The second-order valence-electron chi connectivity index (χ2n) is 10.3. The number of thioether (sulfide) groups is 1. The van der Waals surface area contributed by atoms with Gasteiger partial charge < -0.3 is 24.4 Å². The fourth-order valence-electron chi connectivity index (χ4n) is 4.73. The number of carboxylic acids is 2. The third kappa shape index (κ3) is 7.95. The Morgan fingerprint density at radius 2 is 1.70 bits per heavy atom. The third-order valence-electron chi connectivity index (χ3n) is 7.05. The van der Waals surface area contributed by atoms with Gasteiger partial charge in [0, 0.05) is 24.7 Å². The summed E-state index contributed by atoms with van der Waals surface area (Å²) in [4.78, 5) is 28.4. The smallest absolute Gasteiger partial charge is 0.317 e. The lowest BCUT2D eigenvalue weighted by molar-refractivity contribution is -0.142. The molecule has 2 heterocycles. The highest BCUT2D eigenvalue weighted by atomic mass is 32.2. The molecule has 47 heavy (non-hydrogen) atoms. The first-order valence-corrected chi connectivity index (χ1v) is 15.1. The molecular weight excluding hydrogens is 634 g/mol. The van der Waals surface area contributed by atoms with Gasteiger partial charge in [0.1, 0.15) is 17.6 Å². The molecule has 1 aromatic heterocycles. The summed E-state index contributed by atoms with van der Waals surface area (Å²) in [6, 6.07) is 22.0. The van der Waals surface area contributed by atoms with Crippen LogP contribution in [0.1, 0.15) is 29.3 Å². The van der Waals surface area contributed by atoms with Crippen LogP contribution in [-0.2, 0) is 16.2 Å². The Hall–Kier alpha value is -5.23. The molecule has 0 aliphatic carbocycles. The van der Waals surface area contributed by atoms with Gasteiger partial charge in [0.2, 0.25) is 11.6 Å². The first-order chi connectivity index (χ1) is 22.6. The molecule has 0 amide bonds. The van der Waals surface area contributed by atoms with E-state index in [9.17, 15) is 25.1 Å². The summed E-state index contributed by atoms with van der Waals surface area (Å²) >= 11 is 0.143. The number of carboxylic acid groups (broad SMARTS) is 2. The number of hydrogen-bond acceptors (Lipinski definition) is 10. The number of halogens is 2. The molecule has 1 aliphatic rings. The maximum atomic E-state index is 16.1. The van der Waals surface area contributed by atoms with E-state index >= 15 is 8.78 Å². The Bertz CT molecular complexity index is 1820. The number of benzene rings is 3. The summed E-state index contributed by atoms with van der Waals surface area (Å²) in [6.07, 6.45) is -1.22. The minimum absolute atomic E-state index is 0.0911. The third-order valence-corrected chi connectivity index (χ3v) is 8.30. The van der Waals surface area contributed by atoms with Crippen LogP contribution in [0.25, 0.3) is 0 Å². The first kappa shape index (κ1) is 33.1. The summed E-state index contributed by atoms with van der Waals surface area (Å²) < 4.78 is 49.7. The Balaban J connectivity index is 1.58. The molecule has 5 rings (SSSR count). The van der Waals surface area contributed by atoms with E-state index in [0.29, 0.717) is 12.1 Å². The van der Waals surface area contributed by atoms with Crippen LogP contribution in [-0.4, -0.2) is 57.4 Å². The normalized spacial score (nSPS) is 15.1. The van der Waals surface area contributed by atoms with E-state index in [2.05, 4.69) is 10.3 Å². The summed E-state index contributed by atoms with van der Waals surface area (Å²) in [6.45, 7) is 1.51. The summed E-state index contributed by atoms with van der Waals surface area (Å²) in [7, 11) is 1.89. The number of aromatic nitrogens is 1. The van der Waals surface area contributed by atoms with Crippen molar-refractivity contribution in [3.63, 3.8) is 0 Å². The van der Waals surface area contributed by atoms with Gasteiger partial charge in [-0.15, -0.1) is 11.8 Å². The highest BCUT2D eigenvalue weighted by Crippen LogP contribution is 2.42. The highest BCUT2D eigenvalue weighted by molar-refractivity contribution is 8.00. The van der Waals surface area contributed by atoms with Crippen LogP contribution in [0.3, 0.4) is 0 Å². The standard InChI is InChI=1S/C33H28F2N4O7S/c1-39-14-13-37-30(39)21-9-5-6-10-22(21)45-31-27(34)29(47-25(33(42)43)16-26(40)41)28(35)32(38-31)46-24-15-20(17-36)11-12-23(24)44-18-19-7-3-2-4-8-19/h2-12,15,25,30,37H,13-14,16,18H2,1H3,(H,40,41)(H,42,43). The number of rotatable bonds is 13. The number of hydrogen-bond donors (Lipinski definition) is 3. The van der Waals surface area contributed by atoms with E-state index in [-0.39, 0.29) is 47.3 Å². The molecule has 0 bridgehead atoms. The fraction of sp³-hybridized carbons (Fsp3) is 0.212. The molecule has 1 fully saturated rings. The Morgan fingerprint density at radius 3 is 2.34 bits per heavy atom. The number of pyridine rings is 1.